The summed E-state index contributed by atoms with van der Waals surface area (Å²) in [5.41, 5.74) is 4.17. The summed E-state index contributed by atoms with van der Waals surface area (Å²) in [5, 5.41) is 1.82. The van der Waals surface area contributed by atoms with Crippen LogP contribution in [0.4, 0.5) is 0 Å². The second-order valence-corrected chi connectivity index (χ2v) is 6.28. The van der Waals surface area contributed by atoms with Crippen LogP contribution in [0.1, 0.15) is 35.4 Å². The first-order chi connectivity index (χ1) is 10.6. The maximum absolute atomic E-state index is 12.5. The van der Waals surface area contributed by atoms with Gasteiger partial charge >= 0.3 is 5.63 Å². The highest BCUT2D eigenvalue weighted by atomic mass is 16.4. The molecule has 0 spiro atoms. The molecule has 1 heterocycles. The Morgan fingerprint density at radius 2 is 1.77 bits per heavy atom. The Balaban J connectivity index is 2.14. The zero-order chi connectivity index (χ0) is 15.3. The van der Waals surface area contributed by atoms with E-state index in [1.807, 2.05) is 37.3 Å². The van der Waals surface area contributed by atoms with E-state index in [9.17, 15) is 4.79 Å². The van der Waals surface area contributed by atoms with Crippen LogP contribution >= 0.6 is 0 Å². The van der Waals surface area contributed by atoms with Crippen molar-refractivity contribution >= 4 is 10.8 Å². The van der Waals surface area contributed by atoms with Crippen molar-refractivity contribution in [2.45, 2.75) is 32.6 Å². The Hall–Kier alpha value is -2.35. The van der Waals surface area contributed by atoms with Crippen LogP contribution < -0.4 is 5.63 Å². The molecule has 1 fully saturated rings. The summed E-state index contributed by atoms with van der Waals surface area (Å²) in [6, 6.07) is 14.2. The molecule has 0 N–H and O–H groups in total. The van der Waals surface area contributed by atoms with Crippen LogP contribution in [0.3, 0.4) is 0 Å². The van der Waals surface area contributed by atoms with Crippen molar-refractivity contribution in [3.63, 3.8) is 0 Å². The zero-order valence-corrected chi connectivity index (χ0v) is 12.8. The third kappa shape index (κ3) is 2.07. The molecule has 1 saturated carbocycles. The van der Waals surface area contributed by atoms with E-state index < -0.39 is 0 Å². The van der Waals surface area contributed by atoms with Gasteiger partial charge in [0.1, 0.15) is 5.76 Å². The van der Waals surface area contributed by atoms with E-state index in [1.165, 1.54) is 24.0 Å². The average molecular weight is 290 g/mol. The molecule has 22 heavy (non-hydrogen) atoms. The normalized spacial score (nSPS) is 14.5. The van der Waals surface area contributed by atoms with Gasteiger partial charge in [0, 0.05) is 11.1 Å². The topological polar surface area (TPSA) is 30.2 Å². The molecule has 0 bridgehead atoms. The van der Waals surface area contributed by atoms with Gasteiger partial charge in [0.15, 0.2) is 0 Å². The van der Waals surface area contributed by atoms with E-state index in [4.69, 9.17) is 4.42 Å². The smallest absolute Gasteiger partial charge is 0.344 e. The van der Waals surface area contributed by atoms with Crippen LogP contribution in [0.5, 0.6) is 0 Å². The lowest BCUT2D eigenvalue weighted by Gasteiger charge is -2.13. The molecule has 1 aromatic heterocycles. The molecule has 0 saturated heterocycles. The van der Waals surface area contributed by atoms with Crippen LogP contribution in [-0.4, -0.2) is 0 Å². The second-order valence-electron chi connectivity index (χ2n) is 6.28. The first-order valence-electron chi connectivity index (χ1n) is 7.78. The molecule has 2 aromatic carbocycles. The number of hydrogen-bond donors (Lipinski definition) is 0. The predicted octanol–water partition coefficient (Wildman–Crippen LogP) is 4.95. The van der Waals surface area contributed by atoms with Gasteiger partial charge in [-0.25, -0.2) is 4.79 Å². The molecule has 1 aliphatic carbocycles. The molecule has 0 aliphatic heterocycles. The van der Waals surface area contributed by atoms with Crippen LogP contribution in [0.25, 0.3) is 22.1 Å². The molecule has 2 heteroatoms. The molecule has 0 radical (unpaired) electrons. The zero-order valence-electron chi connectivity index (χ0n) is 12.8. The van der Waals surface area contributed by atoms with Gasteiger partial charge in [-0.1, -0.05) is 48.0 Å². The Kier molecular flexibility index (Phi) is 2.93. The first kappa shape index (κ1) is 13.3. The number of fused-ring (bicyclic) bond motifs is 1. The van der Waals surface area contributed by atoms with Crippen molar-refractivity contribution < 1.29 is 4.42 Å². The summed E-state index contributed by atoms with van der Waals surface area (Å²) < 4.78 is 5.77. The minimum atomic E-state index is -0.226. The molecule has 3 aromatic rings. The third-order valence-corrected chi connectivity index (χ3v) is 4.44. The highest BCUT2D eigenvalue weighted by Gasteiger charge is 2.31. The lowest BCUT2D eigenvalue weighted by atomic mass is 9.94. The van der Waals surface area contributed by atoms with Gasteiger partial charge in [-0.2, -0.15) is 0 Å². The van der Waals surface area contributed by atoms with Crippen LogP contribution in [-0.2, 0) is 0 Å². The average Bonchev–Trinajstić information content (AvgIpc) is 3.31. The Labute approximate surface area is 129 Å². The monoisotopic (exact) mass is 290 g/mol. The second kappa shape index (κ2) is 4.84. The van der Waals surface area contributed by atoms with Gasteiger partial charge < -0.3 is 4.42 Å². The summed E-state index contributed by atoms with van der Waals surface area (Å²) in [4.78, 5) is 12.5. The minimum Gasteiger partial charge on any atom is -0.422 e. The summed E-state index contributed by atoms with van der Waals surface area (Å²) in [6.45, 7) is 4.07. The van der Waals surface area contributed by atoms with E-state index in [0.717, 1.165) is 27.7 Å². The third-order valence-electron chi connectivity index (χ3n) is 4.44. The van der Waals surface area contributed by atoms with Crippen LogP contribution in [0, 0.1) is 13.8 Å². The highest BCUT2D eigenvalue weighted by molar-refractivity contribution is 5.92. The standard InChI is InChI=1S/C20H18O2/c1-12-10-13(2)17-16(11-12)18(14-8-9-14)19(22-20(17)21)15-6-4-3-5-7-15/h3-7,10-11,14H,8-9H2,1-2H3. The summed E-state index contributed by atoms with van der Waals surface area (Å²) in [5.74, 6) is 1.27. The molecule has 2 nitrogen and oxygen atoms in total. The lowest BCUT2D eigenvalue weighted by Crippen LogP contribution is -2.06. The molecule has 0 unspecified atom stereocenters. The fourth-order valence-corrected chi connectivity index (χ4v) is 3.35. The Bertz CT molecular complexity index is 916. The summed E-state index contributed by atoms with van der Waals surface area (Å²) in [6.07, 6.45) is 2.35. The largest absolute Gasteiger partial charge is 0.422 e. The minimum absolute atomic E-state index is 0.226. The molecule has 4 rings (SSSR count). The summed E-state index contributed by atoms with van der Waals surface area (Å²) >= 11 is 0. The van der Waals surface area contributed by atoms with Crippen molar-refractivity contribution in [3.8, 4) is 11.3 Å². The quantitative estimate of drug-likeness (QED) is 0.668. The SMILES string of the molecule is Cc1cc(C)c2c(=O)oc(-c3ccccc3)c(C3CC3)c2c1. The number of rotatable bonds is 2. The van der Waals surface area contributed by atoms with Gasteiger partial charge in [-0.15, -0.1) is 0 Å². The lowest BCUT2D eigenvalue weighted by molar-refractivity contribution is 0.529. The van der Waals surface area contributed by atoms with Crippen molar-refractivity contribution in [2.75, 3.05) is 0 Å². The van der Waals surface area contributed by atoms with Crippen molar-refractivity contribution in [2.24, 2.45) is 0 Å². The number of benzene rings is 2. The van der Waals surface area contributed by atoms with Crippen LogP contribution in [0.15, 0.2) is 51.7 Å². The van der Waals surface area contributed by atoms with Gasteiger partial charge in [0.25, 0.3) is 0 Å². The number of aryl methyl sites for hydroxylation is 2. The van der Waals surface area contributed by atoms with Crippen LogP contribution in [0.2, 0.25) is 0 Å². The maximum Gasteiger partial charge on any atom is 0.344 e. The van der Waals surface area contributed by atoms with E-state index in [1.54, 1.807) is 0 Å². The fourth-order valence-electron chi connectivity index (χ4n) is 3.35. The van der Waals surface area contributed by atoms with Gasteiger partial charge in [-0.05, 0) is 43.6 Å². The maximum atomic E-state index is 12.5. The Morgan fingerprint density at radius 3 is 2.45 bits per heavy atom. The highest BCUT2D eigenvalue weighted by Crippen LogP contribution is 2.47. The molecular weight excluding hydrogens is 272 g/mol. The molecule has 110 valence electrons. The van der Waals surface area contributed by atoms with E-state index >= 15 is 0 Å². The first-order valence-corrected chi connectivity index (χ1v) is 7.78. The number of hydrogen-bond acceptors (Lipinski definition) is 2. The van der Waals surface area contributed by atoms with Crippen molar-refractivity contribution in [1.82, 2.24) is 0 Å². The van der Waals surface area contributed by atoms with Crippen molar-refractivity contribution in [1.29, 1.82) is 0 Å². The van der Waals surface area contributed by atoms with Gasteiger partial charge in [0.2, 0.25) is 0 Å². The predicted molar refractivity (Wildman–Crippen MR) is 89.4 cm³/mol. The van der Waals surface area contributed by atoms with E-state index in [2.05, 4.69) is 19.1 Å². The Morgan fingerprint density at radius 1 is 1.05 bits per heavy atom. The van der Waals surface area contributed by atoms with Gasteiger partial charge in [-0.3, -0.25) is 0 Å². The summed E-state index contributed by atoms with van der Waals surface area (Å²) in [7, 11) is 0. The molecule has 0 atom stereocenters. The van der Waals surface area contributed by atoms with E-state index in [0.29, 0.717) is 5.92 Å². The molecular formula is C20H18O2. The van der Waals surface area contributed by atoms with Crippen molar-refractivity contribution in [3.05, 3.63) is 69.6 Å². The van der Waals surface area contributed by atoms with E-state index in [-0.39, 0.29) is 5.63 Å². The molecule has 0 amide bonds. The van der Waals surface area contributed by atoms with Gasteiger partial charge in [0.05, 0.1) is 5.39 Å². The fraction of sp³-hybridized carbons (Fsp3) is 0.250. The molecule has 1 aliphatic rings.